The highest BCUT2D eigenvalue weighted by atomic mass is 16.5. The number of likely N-dealkylation sites (tertiary alicyclic amines) is 1. The van der Waals surface area contributed by atoms with Crippen LogP contribution in [0.15, 0.2) is 24.3 Å². The maximum Gasteiger partial charge on any atom is 0.226 e. The summed E-state index contributed by atoms with van der Waals surface area (Å²) in [7, 11) is 0. The first-order valence-electron chi connectivity index (χ1n) is 8.19. The molecule has 1 aromatic carbocycles. The lowest BCUT2D eigenvalue weighted by atomic mass is 9.98. The number of nitrogens with zero attached hydrogens (tertiary/aromatic N) is 1. The van der Waals surface area contributed by atoms with Gasteiger partial charge in [-0.25, -0.2) is 0 Å². The number of hydrogen-bond donors (Lipinski definition) is 1. The van der Waals surface area contributed by atoms with Gasteiger partial charge in [-0.2, -0.15) is 0 Å². The molecule has 1 aliphatic heterocycles. The molecule has 2 N–H and O–H groups in total. The topological polar surface area (TPSA) is 72.6 Å². The van der Waals surface area contributed by atoms with Crippen LogP contribution in [0, 0.1) is 11.8 Å². The molecule has 2 rings (SSSR count). The molecule has 1 aliphatic rings. The number of para-hydroxylation sites is 1. The second kappa shape index (κ2) is 7.49. The third kappa shape index (κ3) is 4.24. The first-order chi connectivity index (χ1) is 10.9. The van der Waals surface area contributed by atoms with Crippen LogP contribution in [0.2, 0.25) is 0 Å². The first kappa shape index (κ1) is 17.3. The molecular formula is C18H26N2O3. The van der Waals surface area contributed by atoms with E-state index >= 15 is 0 Å². The molecule has 0 aromatic heterocycles. The fourth-order valence-electron chi connectivity index (χ4n) is 3.04. The minimum Gasteiger partial charge on any atom is -0.493 e. The minimum absolute atomic E-state index is 0.0163. The Hall–Kier alpha value is -2.04. The number of ether oxygens (including phenoxy) is 1. The van der Waals surface area contributed by atoms with Crippen LogP contribution in [-0.4, -0.2) is 36.4 Å². The van der Waals surface area contributed by atoms with Crippen LogP contribution in [0.5, 0.6) is 5.75 Å². The van der Waals surface area contributed by atoms with E-state index in [1.807, 2.05) is 31.2 Å². The molecule has 0 aliphatic carbocycles. The van der Waals surface area contributed by atoms with Gasteiger partial charge in [-0.05, 0) is 23.5 Å². The van der Waals surface area contributed by atoms with Crippen molar-refractivity contribution in [1.82, 2.24) is 4.90 Å². The zero-order chi connectivity index (χ0) is 17.0. The van der Waals surface area contributed by atoms with Crippen molar-refractivity contribution in [3.8, 4) is 5.75 Å². The molecule has 5 nitrogen and oxygen atoms in total. The van der Waals surface area contributed by atoms with Crippen LogP contribution in [-0.2, 0) is 9.59 Å². The number of rotatable bonds is 6. The van der Waals surface area contributed by atoms with Crippen LogP contribution >= 0.6 is 0 Å². The van der Waals surface area contributed by atoms with E-state index in [0.29, 0.717) is 32.0 Å². The zero-order valence-electron chi connectivity index (χ0n) is 14.1. The fraction of sp³-hybridized carbons (Fsp3) is 0.556. The zero-order valence-corrected chi connectivity index (χ0v) is 14.1. The van der Waals surface area contributed by atoms with E-state index in [1.165, 1.54) is 0 Å². The molecule has 0 bridgehead atoms. The normalized spacial score (nSPS) is 20.8. The molecule has 2 atom stereocenters. The second-order valence-corrected chi connectivity index (χ2v) is 6.58. The van der Waals surface area contributed by atoms with Gasteiger partial charge in [0.25, 0.3) is 0 Å². The molecule has 1 aromatic rings. The lowest BCUT2D eigenvalue weighted by Crippen LogP contribution is -2.32. The van der Waals surface area contributed by atoms with Crippen molar-refractivity contribution in [2.24, 2.45) is 17.6 Å². The number of primary amides is 1. The summed E-state index contributed by atoms with van der Waals surface area (Å²) in [6.07, 6.45) is 0.310. The van der Waals surface area contributed by atoms with Gasteiger partial charge >= 0.3 is 0 Å². The van der Waals surface area contributed by atoms with Gasteiger partial charge in [0.15, 0.2) is 0 Å². The van der Waals surface area contributed by atoms with Crippen molar-refractivity contribution in [3.63, 3.8) is 0 Å². The monoisotopic (exact) mass is 318 g/mol. The fourth-order valence-corrected chi connectivity index (χ4v) is 3.04. The molecule has 23 heavy (non-hydrogen) atoms. The molecule has 1 heterocycles. The van der Waals surface area contributed by atoms with E-state index in [1.54, 1.807) is 4.90 Å². The van der Waals surface area contributed by atoms with Crippen molar-refractivity contribution >= 4 is 11.8 Å². The Morgan fingerprint density at radius 2 is 2.00 bits per heavy atom. The van der Waals surface area contributed by atoms with E-state index in [0.717, 1.165) is 11.3 Å². The van der Waals surface area contributed by atoms with Gasteiger partial charge in [0.2, 0.25) is 11.8 Å². The van der Waals surface area contributed by atoms with Gasteiger partial charge in [0.1, 0.15) is 5.75 Å². The third-order valence-electron chi connectivity index (χ3n) is 4.45. The Kier molecular flexibility index (Phi) is 5.64. The largest absolute Gasteiger partial charge is 0.493 e. The average molecular weight is 318 g/mol. The van der Waals surface area contributed by atoms with Crippen molar-refractivity contribution < 1.29 is 14.3 Å². The Balaban J connectivity index is 1.85. The summed E-state index contributed by atoms with van der Waals surface area (Å²) in [6.45, 7) is 7.55. The number of carbonyl (C=O) groups excluding carboxylic acids is 2. The number of nitrogens with two attached hydrogens (primary N) is 1. The quantitative estimate of drug-likeness (QED) is 0.873. The number of amides is 2. The smallest absolute Gasteiger partial charge is 0.226 e. The maximum absolute atomic E-state index is 12.3. The molecule has 5 heteroatoms. The highest BCUT2D eigenvalue weighted by Crippen LogP contribution is 2.26. The van der Waals surface area contributed by atoms with Gasteiger partial charge in [0, 0.05) is 13.1 Å². The second-order valence-electron chi connectivity index (χ2n) is 6.58. The molecular weight excluding hydrogens is 292 g/mol. The van der Waals surface area contributed by atoms with Crippen LogP contribution < -0.4 is 10.5 Å². The summed E-state index contributed by atoms with van der Waals surface area (Å²) in [6, 6.07) is 7.90. The summed E-state index contributed by atoms with van der Waals surface area (Å²) in [5, 5.41) is 0. The van der Waals surface area contributed by atoms with Crippen LogP contribution in [0.25, 0.3) is 0 Å². The molecule has 126 valence electrons. The lowest BCUT2D eigenvalue weighted by Gasteiger charge is -2.17. The Labute approximate surface area is 137 Å². The summed E-state index contributed by atoms with van der Waals surface area (Å²) in [5.41, 5.74) is 6.51. The van der Waals surface area contributed by atoms with E-state index in [9.17, 15) is 9.59 Å². The van der Waals surface area contributed by atoms with E-state index in [4.69, 9.17) is 10.5 Å². The third-order valence-corrected chi connectivity index (χ3v) is 4.45. The Morgan fingerprint density at radius 3 is 2.61 bits per heavy atom. The summed E-state index contributed by atoms with van der Waals surface area (Å²) in [5.74, 6) is 0.788. The molecule has 0 radical (unpaired) electrons. The number of benzene rings is 1. The molecule has 1 saturated heterocycles. The Bertz CT molecular complexity index is 571. The predicted octanol–water partition coefficient (Wildman–Crippen LogP) is 2.16. The maximum atomic E-state index is 12.3. The van der Waals surface area contributed by atoms with Gasteiger partial charge < -0.3 is 15.4 Å². The summed E-state index contributed by atoms with van der Waals surface area (Å²) >= 11 is 0. The standard InChI is InChI=1S/C18H26N2O3/c1-12(2)14-6-4-5-7-16(14)23-9-8-17(21)20-10-13(3)15(11-20)18(19)22/h4-7,12-13,15H,8-11H2,1-3H3,(H2,19,22)/t13-,15-/m1/s1. The molecule has 0 saturated carbocycles. The SMILES string of the molecule is CC(C)c1ccccc1OCCC(=O)N1C[C@@H](C)[C@H](C(N)=O)C1. The van der Waals surface area contributed by atoms with Crippen LogP contribution in [0.4, 0.5) is 0 Å². The van der Waals surface area contributed by atoms with E-state index in [2.05, 4.69) is 13.8 Å². The molecule has 1 fully saturated rings. The summed E-state index contributed by atoms with van der Waals surface area (Å²) < 4.78 is 5.79. The van der Waals surface area contributed by atoms with Crippen molar-refractivity contribution in [2.75, 3.05) is 19.7 Å². The van der Waals surface area contributed by atoms with Gasteiger partial charge in [0.05, 0.1) is 18.9 Å². The van der Waals surface area contributed by atoms with E-state index in [-0.39, 0.29) is 23.7 Å². The predicted molar refractivity (Wildman–Crippen MR) is 89.1 cm³/mol. The molecule has 2 amide bonds. The van der Waals surface area contributed by atoms with Gasteiger partial charge in [-0.1, -0.05) is 39.0 Å². The van der Waals surface area contributed by atoms with Gasteiger partial charge in [-0.3, -0.25) is 9.59 Å². The number of hydrogen-bond acceptors (Lipinski definition) is 3. The van der Waals surface area contributed by atoms with Crippen LogP contribution in [0.1, 0.15) is 38.7 Å². The minimum atomic E-state index is -0.324. The highest BCUT2D eigenvalue weighted by molar-refractivity contribution is 5.81. The van der Waals surface area contributed by atoms with Crippen LogP contribution in [0.3, 0.4) is 0 Å². The lowest BCUT2D eigenvalue weighted by molar-refractivity contribution is -0.131. The first-order valence-corrected chi connectivity index (χ1v) is 8.19. The van der Waals surface area contributed by atoms with E-state index < -0.39 is 0 Å². The molecule has 0 spiro atoms. The number of carbonyl (C=O) groups is 2. The summed E-state index contributed by atoms with van der Waals surface area (Å²) in [4.78, 5) is 25.3. The van der Waals surface area contributed by atoms with Crippen molar-refractivity contribution in [3.05, 3.63) is 29.8 Å². The average Bonchev–Trinajstić information content (AvgIpc) is 2.89. The van der Waals surface area contributed by atoms with Crippen molar-refractivity contribution in [1.29, 1.82) is 0 Å². The highest BCUT2D eigenvalue weighted by Gasteiger charge is 2.35. The van der Waals surface area contributed by atoms with Gasteiger partial charge in [-0.15, -0.1) is 0 Å². The van der Waals surface area contributed by atoms with Crippen molar-refractivity contribution in [2.45, 2.75) is 33.1 Å². The Morgan fingerprint density at radius 1 is 1.30 bits per heavy atom. The molecule has 0 unspecified atom stereocenters.